The third kappa shape index (κ3) is 3.28. The maximum absolute atomic E-state index is 12.6. The molecular weight excluding hydrogens is 409 g/mol. The monoisotopic (exact) mass is 423 g/mol. The van der Waals surface area contributed by atoms with Crippen molar-refractivity contribution in [2.45, 2.75) is 0 Å². The van der Waals surface area contributed by atoms with Gasteiger partial charge in [-0.1, -0.05) is 0 Å². The average molecular weight is 422 g/mol. The molecule has 6 heteroatoms. The van der Waals surface area contributed by atoms with Crippen molar-refractivity contribution >= 4 is 40.3 Å². The molecule has 0 spiro atoms. The van der Waals surface area contributed by atoms with Gasteiger partial charge >= 0.3 is 160 Å². The number of non-ortho nitro benzene ring substituents is 1. The molecule has 0 aliphatic rings. The summed E-state index contributed by atoms with van der Waals surface area (Å²) in [5, 5.41) is 12.3. The number of hydrogen-bond acceptors (Lipinski definition) is 4. The molecule has 0 N–H and O–H groups in total. The molecule has 0 amide bonds. The standard InChI is InChI=1S/C21H13NO4Se/c23-21-16-12-7-13-17(22(24)25)18(16)20(27-15-10-5-2-6-11-15)19(26-21)14-8-3-1-4-9-14/h1-13H. The van der Waals surface area contributed by atoms with Crippen LogP contribution >= 0.6 is 0 Å². The molecule has 0 aliphatic heterocycles. The maximum atomic E-state index is 12.6. The first kappa shape index (κ1) is 17.2. The van der Waals surface area contributed by atoms with E-state index in [0.29, 0.717) is 15.6 Å². The Morgan fingerprint density at radius 3 is 2.19 bits per heavy atom. The van der Waals surface area contributed by atoms with E-state index in [0.717, 1.165) is 10.0 Å². The summed E-state index contributed by atoms with van der Waals surface area (Å²) in [5.74, 6) is 0.395. The van der Waals surface area contributed by atoms with Gasteiger partial charge in [0, 0.05) is 0 Å². The zero-order valence-corrected chi connectivity index (χ0v) is 15.7. The van der Waals surface area contributed by atoms with E-state index >= 15 is 0 Å². The van der Waals surface area contributed by atoms with E-state index in [1.807, 2.05) is 60.7 Å². The van der Waals surface area contributed by atoms with Crippen LogP contribution in [0.2, 0.25) is 0 Å². The van der Waals surface area contributed by atoms with E-state index in [-0.39, 0.29) is 26.0 Å². The Labute approximate surface area is 160 Å². The predicted molar refractivity (Wildman–Crippen MR) is 106 cm³/mol. The summed E-state index contributed by atoms with van der Waals surface area (Å²) in [5.41, 5.74) is 0.0769. The van der Waals surface area contributed by atoms with Crippen LogP contribution in [0.4, 0.5) is 5.69 Å². The fraction of sp³-hybridized carbons (Fsp3) is 0. The zero-order valence-electron chi connectivity index (χ0n) is 14.0. The molecule has 132 valence electrons. The molecule has 0 radical (unpaired) electrons. The second kappa shape index (κ2) is 7.19. The van der Waals surface area contributed by atoms with Crippen molar-refractivity contribution in [1.82, 2.24) is 0 Å². The van der Waals surface area contributed by atoms with Crippen molar-refractivity contribution < 1.29 is 9.34 Å². The average Bonchev–Trinajstić information content (AvgIpc) is 2.71. The van der Waals surface area contributed by atoms with Gasteiger partial charge in [0.25, 0.3) is 0 Å². The molecule has 0 atom stereocenters. The van der Waals surface area contributed by atoms with Crippen LogP contribution in [0.25, 0.3) is 22.1 Å². The SMILES string of the molecule is O=c1oc(-c2ccccc2)c([Se]c2ccccc2)c2c([N+](=O)[O-])cccc12. The number of rotatable bonds is 4. The molecule has 0 fully saturated rings. The zero-order chi connectivity index (χ0) is 18.8. The molecule has 0 unspecified atom stereocenters. The topological polar surface area (TPSA) is 73.3 Å². The Kier molecular flexibility index (Phi) is 4.59. The van der Waals surface area contributed by atoms with Crippen LogP contribution in [0.3, 0.4) is 0 Å². The van der Waals surface area contributed by atoms with Crippen LogP contribution in [-0.4, -0.2) is 19.9 Å². The predicted octanol–water partition coefficient (Wildman–Crippen LogP) is 3.02. The van der Waals surface area contributed by atoms with Gasteiger partial charge in [0.05, 0.1) is 0 Å². The summed E-state index contributed by atoms with van der Waals surface area (Å²) in [7, 11) is 0. The Balaban J connectivity index is 2.10. The summed E-state index contributed by atoms with van der Waals surface area (Å²) in [6.07, 6.45) is 0. The Bertz CT molecular complexity index is 1190. The van der Waals surface area contributed by atoms with E-state index in [4.69, 9.17) is 4.42 Å². The summed E-state index contributed by atoms with van der Waals surface area (Å²) in [6.45, 7) is 0. The third-order valence-corrected chi connectivity index (χ3v) is 6.40. The minimum absolute atomic E-state index is 0.0783. The first-order chi connectivity index (χ1) is 13.1. The van der Waals surface area contributed by atoms with Crippen molar-refractivity contribution in [3.63, 3.8) is 0 Å². The number of nitro groups is 1. The van der Waals surface area contributed by atoms with Crippen molar-refractivity contribution in [1.29, 1.82) is 0 Å². The van der Waals surface area contributed by atoms with Crippen LogP contribution < -0.4 is 14.5 Å². The van der Waals surface area contributed by atoms with Crippen LogP contribution in [0.15, 0.2) is 88.1 Å². The number of fused-ring (bicyclic) bond motifs is 1. The van der Waals surface area contributed by atoms with E-state index in [1.165, 1.54) is 12.1 Å². The van der Waals surface area contributed by atoms with E-state index < -0.39 is 10.5 Å². The Hall–Kier alpha value is -3.21. The van der Waals surface area contributed by atoms with Crippen molar-refractivity contribution in [2.24, 2.45) is 0 Å². The number of nitrogens with zero attached hydrogens (tertiary/aromatic N) is 1. The fourth-order valence-corrected chi connectivity index (χ4v) is 5.19. The molecule has 5 nitrogen and oxygen atoms in total. The quantitative estimate of drug-likeness (QED) is 0.288. The fourth-order valence-electron chi connectivity index (χ4n) is 2.89. The molecule has 3 aromatic carbocycles. The van der Waals surface area contributed by atoms with Gasteiger partial charge in [-0.05, 0) is 0 Å². The van der Waals surface area contributed by atoms with Crippen molar-refractivity contribution in [3.05, 3.63) is 99.4 Å². The summed E-state index contributed by atoms with van der Waals surface area (Å²) >= 11 is -0.284. The molecule has 0 saturated heterocycles. The minimum atomic E-state index is -0.569. The Morgan fingerprint density at radius 1 is 0.852 bits per heavy atom. The van der Waals surface area contributed by atoms with Gasteiger partial charge in [-0.3, -0.25) is 0 Å². The van der Waals surface area contributed by atoms with Gasteiger partial charge in [-0.15, -0.1) is 0 Å². The van der Waals surface area contributed by atoms with E-state index in [1.54, 1.807) is 6.07 Å². The molecule has 1 aromatic heterocycles. The first-order valence-corrected chi connectivity index (χ1v) is 9.89. The Morgan fingerprint density at radius 2 is 1.52 bits per heavy atom. The normalized spacial score (nSPS) is 10.8. The number of benzene rings is 3. The second-order valence-electron chi connectivity index (χ2n) is 5.79. The molecule has 4 rings (SSSR count). The van der Waals surface area contributed by atoms with Gasteiger partial charge in [0.1, 0.15) is 0 Å². The van der Waals surface area contributed by atoms with Gasteiger partial charge < -0.3 is 0 Å². The summed E-state index contributed by atoms with van der Waals surface area (Å²) in [6, 6.07) is 23.5. The van der Waals surface area contributed by atoms with E-state index in [2.05, 4.69) is 0 Å². The molecule has 0 aliphatic carbocycles. The summed E-state index contributed by atoms with van der Waals surface area (Å²) < 4.78 is 7.39. The van der Waals surface area contributed by atoms with Crippen molar-refractivity contribution in [2.75, 3.05) is 0 Å². The third-order valence-electron chi connectivity index (χ3n) is 4.09. The van der Waals surface area contributed by atoms with Gasteiger partial charge in [-0.25, -0.2) is 0 Å². The van der Waals surface area contributed by atoms with Crippen LogP contribution in [0, 0.1) is 10.1 Å². The summed E-state index contributed by atoms with van der Waals surface area (Å²) in [4.78, 5) is 23.8. The molecular formula is C21H13NO4Se. The van der Waals surface area contributed by atoms with Gasteiger partial charge in [-0.2, -0.15) is 0 Å². The van der Waals surface area contributed by atoms with Crippen molar-refractivity contribution in [3.8, 4) is 11.3 Å². The van der Waals surface area contributed by atoms with Gasteiger partial charge in [0.15, 0.2) is 0 Å². The molecule has 1 heterocycles. The number of nitro benzene ring substituents is 1. The molecule has 27 heavy (non-hydrogen) atoms. The first-order valence-electron chi connectivity index (χ1n) is 8.17. The van der Waals surface area contributed by atoms with Gasteiger partial charge in [0.2, 0.25) is 0 Å². The number of hydrogen-bond donors (Lipinski definition) is 0. The molecule has 4 aromatic rings. The van der Waals surface area contributed by atoms with E-state index in [9.17, 15) is 14.9 Å². The second-order valence-corrected chi connectivity index (χ2v) is 8.06. The van der Waals surface area contributed by atoms with Crippen LogP contribution in [0.5, 0.6) is 0 Å². The molecule has 0 saturated carbocycles. The van der Waals surface area contributed by atoms with Crippen LogP contribution in [0.1, 0.15) is 0 Å². The van der Waals surface area contributed by atoms with Crippen LogP contribution in [-0.2, 0) is 0 Å². The molecule has 0 bridgehead atoms.